The molecule has 1 amide bonds. The summed E-state index contributed by atoms with van der Waals surface area (Å²) >= 11 is 0. The summed E-state index contributed by atoms with van der Waals surface area (Å²) in [5.41, 5.74) is 2.05. The van der Waals surface area contributed by atoms with Gasteiger partial charge in [0.1, 0.15) is 19.0 Å². The number of hydrogen-bond donors (Lipinski definition) is 1. The van der Waals surface area contributed by atoms with E-state index in [0.717, 1.165) is 37.0 Å². The standard InChI is InChI=1S/C22H22FN3O4/c23-15-1-3-17-19(11-15)30-25-22(17)14-5-7-26(8-6-14)13-21(27)24-16-2-4-18-20(12-16)29-10-9-28-18/h1-4,11-12,14H,5-10,13H2,(H,24,27). The summed E-state index contributed by atoms with van der Waals surface area (Å²) in [6, 6.07) is 9.93. The zero-order chi connectivity index (χ0) is 20.5. The highest BCUT2D eigenvalue weighted by Crippen LogP contribution is 2.34. The molecular formula is C22H22FN3O4. The van der Waals surface area contributed by atoms with Crippen molar-refractivity contribution >= 4 is 22.6 Å². The minimum Gasteiger partial charge on any atom is -0.486 e. The van der Waals surface area contributed by atoms with Crippen LogP contribution in [0, 0.1) is 5.82 Å². The number of nitrogens with zero attached hydrogens (tertiary/aromatic N) is 2. The van der Waals surface area contributed by atoms with Gasteiger partial charge in [0.05, 0.1) is 12.2 Å². The Hall–Kier alpha value is -3.13. The molecule has 0 aliphatic carbocycles. The van der Waals surface area contributed by atoms with Gasteiger partial charge in [-0.3, -0.25) is 9.69 Å². The largest absolute Gasteiger partial charge is 0.486 e. The molecule has 1 saturated heterocycles. The van der Waals surface area contributed by atoms with E-state index in [1.54, 1.807) is 12.1 Å². The number of piperidine rings is 1. The zero-order valence-electron chi connectivity index (χ0n) is 16.4. The first-order valence-electron chi connectivity index (χ1n) is 10.1. The van der Waals surface area contributed by atoms with Crippen LogP contribution in [0.15, 0.2) is 40.9 Å². The molecule has 1 aromatic heterocycles. The maximum Gasteiger partial charge on any atom is 0.238 e. The van der Waals surface area contributed by atoms with Crippen LogP contribution in [0.5, 0.6) is 11.5 Å². The molecule has 0 unspecified atom stereocenters. The van der Waals surface area contributed by atoms with Gasteiger partial charge < -0.3 is 19.3 Å². The molecule has 156 valence electrons. The number of rotatable bonds is 4. The number of nitrogens with one attached hydrogen (secondary N) is 1. The molecule has 3 aromatic rings. The number of carbonyl (C=O) groups is 1. The number of hydrogen-bond acceptors (Lipinski definition) is 6. The molecule has 7 nitrogen and oxygen atoms in total. The molecule has 0 spiro atoms. The molecule has 0 bridgehead atoms. The minimum absolute atomic E-state index is 0.0625. The van der Waals surface area contributed by atoms with Crippen molar-refractivity contribution in [3.63, 3.8) is 0 Å². The number of anilines is 1. The lowest BCUT2D eigenvalue weighted by molar-refractivity contribution is -0.117. The monoisotopic (exact) mass is 411 g/mol. The van der Waals surface area contributed by atoms with E-state index in [1.165, 1.54) is 12.1 Å². The quantitative estimate of drug-likeness (QED) is 0.708. The summed E-state index contributed by atoms with van der Waals surface area (Å²) in [4.78, 5) is 14.6. The molecule has 2 aliphatic heterocycles. The zero-order valence-corrected chi connectivity index (χ0v) is 16.4. The van der Waals surface area contributed by atoms with E-state index < -0.39 is 0 Å². The number of benzene rings is 2. The van der Waals surface area contributed by atoms with Gasteiger partial charge in [0.15, 0.2) is 17.1 Å². The number of ether oxygens (including phenoxy) is 2. The van der Waals surface area contributed by atoms with Gasteiger partial charge in [0.25, 0.3) is 0 Å². The van der Waals surface area contributed by atoms with Crippen LogP contribution in [0.3, 0.4) is 0 Å². The van der Waals surface area contributed by atoms with E-state index in [9.17, 15) is 9.18 Å². The SMILES string of the molecule is O=C(CN1CCC(c2noc3cc(F)ccc23)CC1)Nc1ccc2c(c1)OCCO2. The number of aromatic nitrogens is 1. The fraction of sp³-hybridized carbons (Fsp3) is 0.364. The van der Waals surface area contributed by atoms with E-state index in [2.05, 4.69) is 15.4 Å². The van der Waals surface area contributed by atoms with Gasteiger partial charge in [0.2, 0.25) is 5.91 Å². The van der Waals surface area contributed by atoms with Crippen LogP contribution in [0.25, 0.3) is 11.0 Å². The smallest absolute Gasteiger partial charge is 0.238 e. The number of fused-ring (bicyclic) bond motifs is 2. The number of likely N-dealkylation sites (tertiary alicyclic amines) is 1. The number of amides is 1. The predicted octanol–water partition coefficient (Wildman–Crippen LogP) is 3.56. The summed E-state index contributed by atoms with van der Waals surface area (Å²) in [5.74, 6) is 1.20. The summed E-state index contributed by atoms with van der Waals surface area (Å²) in [5, 5.41) is 7.97. The lowest BCUT2D eigenvalue weighted by Gasteiger charge is -2.30. The molecule has 5 rings (SSSR count). The maximum absolute atomic E-state index is 13.4. The first-order valence-corrected chi connectivity index (χ1v) is 10.1. The third-order valence-corrected chi connectivity index (χ3v) is 5.63. The maximum atomic E-state index is 13.4. The van der Waals surface area contributed by atoms with Gasteiger partial charge in [-0.1, -0.05) is 5.16 Å². The van der Waals surface area contributed by atoms with Gasteiger partial charge in [0, 0.05) is 29.1 Å². The van der Waals surface area contributed by atoms with Crippen molar-refractivity contribution in [2.75, 3.05) is 38.2 Å². The third kappa shape index (κ3) is 3.82. The Balaban J connectivity index is 1.16. The van der Waals surface area contributed by atoms with Crippen LogP contribution in [0.2, 0.25) is 0 Å². The summed E-state index contributed by atoms with van der Waals surface area (Å²) in [6.45, 7) is 2.94. The fourth-order valence-electron chi connectivity index (χ4n) is 4.11. The Morgan fingerprint density at radius 2 is 1.90 bits per heavy atom. The molecule has 2 aliphatic rings. The number of carbonyl (C=O) groups excluding carboxylic acids is 1. The van der Waals surface area contributed by atoms with Crippen molar-refractivity contribution in [3.05, 3.63) is 47.9 Å². The van der Waals surface area contributed by atoms with Crippen molar-refractivity contribution in [2.24, 2.45) is 0 Å². The van der Waals surface area contributed by atoms with Gasteiger partial charge in [-0.2, -0.15) is 0 Å². The average Bonchev–Trinajstić information content (AvgIpc) is 3.17. The lowest BCUT2D eigenvalue weighted by atomic mass is 9.91. The molecule has 8 heteroatoms. The highest BCUT2D eigenvalue weighted by atomic mass is 19.1. The average molecular weight is 411 g/mol. The van der Waals surface area contributed by atoms with Gasteiger partial charge in [-0.05, 0) is 50.2 Å². The lowest BCUT2D eigenvalue weighted by Crippen LogP contribution is -2.38. The van der Waals surface area contributed by atoms with Crippen LogP contribution >= 0.6 is 0 Å². The Labute approximate surface area is 172 Å². The van der Waals surface area contributed by atoms with Crippen molar-refractivity contribution in [2.45, 2.75) is 18.8 Å². The first kappa shape index (κ1) is 18.9. The molecule has 3 heterocycles. The van der Waals surface area contributed by atoms with E-state index in [-0.39, 0.29) is 17.6 Å². The Bertz CT molecular complexity index is 1080. The van der Waals surface area contributed by atoms with Crippen LogP contribution in [-0.2, 0) is 4.79 Å². The molecular weight excluding hydrogens is 389 g/mol. The second-order valence-corrected chi connectivity index (χ2v) is 7.67. The molecule has 0 radical (unpaired) electrons. The highest BCUT2D eigenvalue weighted by Gasteiger charge is 2.26. The van der Waals surface area contributed by atoms with Gasteiger partial charge >= 0.3 is 0 Å². The fourth-order valence-corrected chi connectivity index (χ4v) is 4.11. The Kier molecular flexibility index (Phi) is 5.00. The molecule has 0 atom stereocenters. The van der Waals surface area contributed by atoms with Gasteiger partial charge in [-0.15, -0.1) is 0 Å². The van der Waals surface area contributed by atoms with Crippen molar-refractivity contribution < 1.29 is 23.2 Å². The summed E-state index contributed by atoms with van der Waals surface area (Å²) in [6.07, 6.45) is 1.74. The predicted molar refractivity (Wildman–Crippen MR) is 108 cm³/mol. The first-order chi connectivity index (χ1) is 14.7. The molecule has 30 heavy (non-hydrogen) atoms. The Morgan fingerprint density at radius 3 is 2.73 bits per heavy atom. The molecule has 1 fully saturated rings. The van der Waals surface area contributed by atoms with Crippen molar-refractivity contribution in [3.8, 4) is 11.5 Å². The normalized spacial score (nSPS) is 17.2. The third-order valence-electron chi connectivity index (χ3n) is 5.63. The minimum atomic E-state index is -0.330. The van der Waals surface area contributed by atoms with Crippen LogP contribution in [-0.4, -0.2) is 48.8 Å². The number of halogens is 1. The van der Waals surface area contributed by atoms with Crippen molar-refractivity contribution in [1.29, 1.82) is 0 Å². The topological polar surface area (TPSA) is 76.8 Å². The molecule has 2 aromatic carbocycles. The van der Waals surface area contributed by atoms with Gasteiger partial charge in [-0.25, -0.2) is 4.39 Å². The van der Waals surface area contributed by atoms with Crippen LogP contribution in [0.4, 0.5) is 10.1 Å². The second-order valence-electron chi connectivity index (χ2n) is 7.67. The van der Waals surface area contributed by atoms with Crippen LogP contribution in [0.1, 0.15) is 24.5 Å². The molecule has 0 saturated carbocycles. The van der Waals surface area contributed by atoms with E-state index in [1.807, 2.05) is 12.1 Å². The van der Waals surface area contributed by atoms with E-state index in [4.69, 9.17) is 14.0 Å². The Morgan fingerprint density at radius 1 is 1.10 bits per heavy atom. The van der Waals surface area contributed by atoms with E-state index >= 15 is 0 Å². The summed E-state index contributed by atoms with van der Waals surface area (Å²) in [7, 11) is 0. The second kappa shape index (κ2) is 7.95. The van der Waals surface area contributed by atoms with Crippen LogP contribution < -0.4 is 14.8 Å². The van der Waals surface area contributed by atoms with Crippen molar-refractivity contribution in [1.82, 2.24) is 10.1 Å². The highest BCUT2D eigenvalue weighted by molar-refractivity contribution is 5.92. The van der Waals surface area contributed by atoms with E-state index in [0.29, 0.717) is 42.5 Å². The molecule has 1 N–H and O–H groups in total. The summed E-state index contributed by atoms with van der Waals surface area (Å²) < 4.78 is 29.7.